The summed E-state index contributed by atoms with van der Waals surface area (Å²) in [6.07, 6.45) is 0. The molecule has 9 heteroatoms. The quantitative estimate of drug-likeness (QED) is 0.512. The lowest BCUT2D eigenvalue weighted by Crippen LogP contribution is -2.43. The SMILES string of the molecule is Cc1ccc(S(=O)(=O)N(C)c2ccc(C(=O)NC[C@@H](c3cccs3)N3CCOCC3)cc2)cc1. The maximum Gasteiger partial charge on any atom is 0.264 e. The predicted molar refractivity (Wildman–Crippen MR) is 135 cm³/mol. The van der Waals surface area contributed by atoms with E-state index in [0.29, 0.717) is 31.0 Å². The highest BCUT2D eigenvalue weighted by atomic mass is 32.2. The molecule has 1 saturated heterocycles. The van der Waals surface area contributed by atoms with Gasteiger partial charge in [0.1, 0.15) is 0 Å². The lowest BCUT2D eigenvalue weighted by atomic mass is 10.1. The van der Waals surface area contributed by atoms with Gasteiger partial charge in [-0.2, -0.15) is 0 Å². The number of nitrogens with zero attached hydrogens (tertiary/aromatic N) is 2. The Morgan fingerprint density at radius 2 is 1.76 bits per heavy atom. The normalized spacial score (nSPS) is 15.6. The summed E-state index contributed by atoms with van der Waals surface area (Å²) >= 11 is 1.68. The molecule has 0 spiro atoms. The van der Waals surface area contributed by atoms with Crippen molar-refractivity contribution in [3.63, 3.8) is 0 Å². The van der Waals surface area contributed by atoms with Gasteiger partial charge in [-0.25, -0.2) is 8.42 Å². The number of anilines is 1. The van der Waals surface area contributed by atoms with Gasteiger partial charge in [-0.15, -0.1) is 11.3 Å². The molecular weight excluding hydrogens is 470 g/mol. The van der Waals surface area contributed by atoms with Crippen LogP contribution in [0.1, 0.15) is 26.8 Å². The molecule has 2 heterocycles. The summed E-state index contributed by atoms with van der Waals surface area (Å²) in [5.74, 6) is -0.189. The summed E-state index contributed by atoms with van der Waals surface area (Å²) in [5.41, 5.74) is 1.96. The molecule has 1 aliphatic heterocycles. The van der Waals surface area contributed by atoms with Crippen LogP contribution in [0.25, 0.3) is 0 Å². The zero-order valence-electron chi connectivity index (χ0n) is 19.3. The van der Waals surface area contributed by atoms with E-state index >= 15 is 0 Å². The zero-order valence-corrected chi connectivity index (χ0v) is 20.9. The number of aryl methyl sites for hydroxylation is 1. The maximum absolute atomic E-state index is 12.9. The molecule has 180 valence electrons. The fraction of sp³-hybridized carbons (Fsp3) is 0.320. The minimum absolute atomic E-state index is 0.0953. The number of nitrogens with one attached hydrogen (secondary N) is 1. The van der Waals surface area contributed by atoms with Crippen molar-refractivity contribution in [2.45, 2.75) is 17.9 Å². The van der Waals surface area contributed by atoms with Gasteiger partial charge in [-0.05, 0) is 54.8 Å². The second-order valence-electron chi connectivity index (χ2n) is 8.22. The third-order valence-corrected chi connectivity index (χ3v) is 8.76. The van der Waals surface area contributed by atoms with Gasteiger partial charge in [0.2, 0.25) is 0 Å². The van der Waals surface area contributed by atoms with E-state index in [2.05, 4.69) is 16.3 Å². The van der Waals surface area contributed by atoms with Crippen LogP contribution in [0.2, 0.25) is 0 Å². The van der Waals surface area contributed by atoms with Gasteiger partial charge in [-0.1, -0.05) is 23.8 Å². The summed E-state index contributed by atoms with van der Waals surface area (Å²) in [4.78, 5) is 16.6. The number of carbonyl (C=O) groups excluding carboxylic acids is 1. The standard InChI is InChI=1S/C25H29N3O4S2/c1-19-5-11-22(12-6-19)34(30,31)27(2)21-9-7-20(8-10-21)25(29)26-18-23(24-4-3-17-33-24)28-13-15-32-16-14-28/h3-12,17,23H,13-16,18H2,1-2H3,(H,26,29)/t23-/m0/s1. The molecule has 34 heavy (non-hydrogen) atoms. The number of morpholine rings is 1. The fourth-order valence-corrected chi connectivity index (χ4v) is 5.96. The van der Waals surface area contributed by atoms with Crippen LogP contribution in [0.5, 0.6) is 0 Å². The van der Waals surface area contributed by atoms with E-state index in [9.17, 15) is 13.2 Å². The van der Waals surface area contributed by atoms with Crippen LogP contribution in [-0.4, -0.2) is 59.1 Å². The Kier molecular flexibility index (Phi) is 7.67. The van der Waals surface area contributed by atoms with Gasteiger partial charge < -0.3 is 10.1 Å². The maximum atomic E-state index is 12.9. The van der Waals surface area contributed by atoms with Gasteiger partial charge in [-0.3, -0.25) is 14.0 Å². The highest BCUT2D eigenvalue weighted by molar-refractivity contribution is 7.92. The molecule has 1 N–H and O–H groups in total. The number of hydrogen-bond donors (Lipinski definition) is 1. The minimum atomic E-state index is -3.68. The van der Waals surface area contributed by atoms with E-state index in [0.717, 1.165) is 18.7 Å². The van der Waals surface area contributed by atoms with Crippen molar-refractivity contribution in [1.82, 2.24) is 10.2 Å². The molecule has 1 fully saturated rings. The van der Waals surface area contributed by atoms with Crippen LogP contribution in [0.3, 0.4) is 0 Å². The number of benzene rings is 2. The first-order valence-corrected chi connectivity index (χ1v) is 13.5. The van der Waals surface area contributed by atoms with Gasteiger partial charge >= 0.3 is 0 Å². The molecule has 1 aliphatic rings. The first-order valence-electron chi connectivity index (χ1n) is 11.2. The minimum Gasteiger partial charge on any atom is -0.379 e. The predicted octanol–water partition coefficient (Wildman–Crippen LogP) is 3.68. The van der Waals surface area contributed by atoms with E-state index in [-0.39, 0.29) is 16.8 Å². The van der Waals surface area contributed by atoms with E-state index in [1.807, 2.05) is 18.4 Å². The molecule has 2 aromatic carbocycles. The molecule has 3 aromatic rings. The molecule has 0 saturated carbocycles. The molecule has 1 amide bonds. The number of hydrogen-bond acceptors (Lipinski definition) is 6. The Morgan fingerprint density at radius 3 is 2.38 bits per heavy atom. The van der Waals surface area contributed by atoms with Crippen molar-refractivity contribution >= 4 is 33.0 Å². The van der Waals surface area contributed by atoms with Gasteiger partial charge in [0.25, 0.3) is 15.9 Å². The van der Waals surface area contributed by atoms with Crippen molar-refractivity contribution in [2.75, 3.05) is 44.2 Å². The van der Waals surface area contributed by atoms with Crippen molar-refractivity contribution in [2.24, 2.45) is 0 Å². The van der Waals surface area contributed by atoms with E-state index in [1.54, 1.807) is 59.9 Å². The Balaban J connectivity index is 1.42. The average Bonchev–Trinajstić information content (AvgIpc) is 3.39. The van der Waals surface area contributed by atoms with Crippen LogP contribution in [0, 0.1) is 6.92 Å². The van der Waals surface area contributed by atoms with Crippen molar-refractivity contribution < 1.29 is 17.9 Å². The van der Waals surface area contributed by atoms with Crippen LogP contribution < -0.4 is 9.62 Å². The zero-order chi connectivity index (χ0) is 24.1. The first kappa shape index (κ1) is 24.4. The second-order valence-corrected chi connectivity index (χ2v) is 11.2. The molecule has 0 unspecified atom stereocenters. The number of thiophene rings is 1. The highest BCUT2D eigenvalue weighted by Crippen LogP contribution is 2.26. The Bertz CT molecular complexity index is 1190. The topological polar surface area (TPSA) is 79.0 Å². The van der Waals surface area contributed by atoms with Crippen LogP contribution in [0.4, 0.5) is 5.69 Å². The van der Waals surface area contributed by atoms with Crippen LogP contribution in [0.15, 0.2) is 70.9 Å². The van der Waals surface area contributed by atoms with Gasteiger partial charge in [0.05, 0.1) is 29.8 Å². The smallest absolute Gasteiger partial charge is 0.264 e. The summed E-state index contributed by atoms with van der Waals surface area (Å²) in [6.45, 7) is 5.44. The van der Waals surface area contributed by atoms with Crippen molar-refractivity contribution in [3.05, 3.63) is 82.0 Å². The number of ether oxygens (including phenoxy) is 1. The molecule has 4 rings (SSSR count). The Morgan fingerprint density at radius 1 is 1.09 bits per heavy atom. The van der Waals surface area contributed by atoms with Crippen LogP contribution in [-0.2, 0) is 14.8 Å². The first-order chi connectivity index (χ1) is 16.4. The number of carbonyl (C=O) groups is 1. The van der Waals surface area contributed by atoms with Crippen LogP contribution >= 0.6 is 11.3 Å². The molecule has 7 nitrogen and oxygen atoms in total. The Labute approximate surface area is 205 Å². The van der Waals surface area contributed by atoms with E-state index in [4.69, 9.17) is 4.74 Å². The average molecular weight is 500 g/mol. The summed E-state index contributed by atoms with van der Waals surface area (Å²) in [5, 5.41) is 5.09. The number of sulfonamides is 1. The third-order valence-electron chi connectivity index (χ3n) is 5.99. The summed E-state index contributed by atoms with van der Waals surface area (Å²) in [7, 11) is -2.17. The van der Waals surface area contributed by atoms with Crippen molar-refractivity contribution in [3.8, 4) is 0 Å². The van der Waals surface area contributed by atoms with Crippen molar-refractivity contribution in [1.29, 1.82) is 0 Å². The number of rotatable bonds is 8. The summed E-state index contributed by atoms with van der Waals surface area (Å²) in [6, 6.07) is 17.6. The highest BCUT2D eigenvalue weighted by Gasteiger charge is 2.25. The number of amides is 1. The largest absolute Gasteiger partial charge is 0.379 e. The molecule has 0 bridgehead atoms. The lowest BCUT2D eigenvalue weighted by Gasteiger charge is -2.34. The third kappa shape index (κ3) is 5.50. The van der Waals surface area contributed by atoms with Gasteiger partial charge in [0, 0.05) is 37.1 Å². The molecular formula is C25H29N3O4S2. The molecule has 1 atom stereocenters. The summed E-state index contributed by atoms with van der Waals surface area (Å²) < 4.78 is 32.6. The van der Waals surface area contributed by atoms with Gasteiger partial charge in [0.15, 0.2) is 0 Å². The van der Waals surface area contributed by atoms with E-state index in [1.165, 1.54) is 16.2 Å². The second kappa shape index (κ2) is 10.7. The van der Waals surface area contributed by atoms with E-state index < -0.39 is 10.0 Å². The molecule has 1 aromatic heterocycles. The molecule has 0 aliphatic carbocycles. The lowest BCUT2D eigenvalue weighted by molar-refractivity contribution is 0.0169. The molecule has 0 radical (unpaired) electrons. The monoisotopic (exact) mass is 499 g/mol. The fourth-order valence-electron chi connectivity index (χ4n) is 3.90. The Hall–Kier alpha value is -2.72.